The van der Waals surface area contributed by atoms with E-state index < -0.39 is 0 Å². The summed E-state index contributed by atoms with van der Waals surface area (Å²) in [6, 6.07) is 5.60. The lowest BCUT2D eigenvalue weighted by Gasteiger charge is -2.03. The third kappa shape index (κ3) is 2.19. The molecule has 0 unspecified atom stereocenters. The summed E-state index contributed by atoms with van der Waals surface area (Å²) in [6.45, 7) is 2.06. The van der Waals surface area contributed by atoms with Gasteiger partial charge in [0.25, 0.3) is 0 Å². The maximum Gasteiger partial charge on any atom is 0.131 e. The van der Waals surface area contributed by atoms with E-state index in [1.807, 2.05) is 29.8 Å². The molecule has 0 fully saturated rings. The van der Waals surface area contributed by atoms with Gasteiger partial charge in [-0.25, -0.2) is 4.98 Å². The van der Waals surface area contributed by atoms with Crippen LogP contribution in [0, 0.1) is 0 Å². The molecule has 2 rings (SSSR count). The monoisotopic (exact) mass is 313 g/mol. The van der Waals surface area contributed by atoms with Gasteiger partial charge in [0.1, 0.15) is 17.3 Å². The first-order valence-corrected chi connectivity index (χ1v) is 6.48. The standard InChI is InChI=1S/C12H13BrClN3/c1-3-10-16-11(12(15)17(10)2)8-5-4-7(14)6-9(8)13/h4-6H,3,15H2,1-2H3. The summed E-state index contributed by atoms with van der Waals surface area (Å²) in [4.78, 5) is 4.55. The highest BCUT2D eigenvalue weighted by Crippen LogP contribution is 2.33. The molecule has 0 atom stereocenters. The summed E-state index contributed by atoms with van der Waals surface area (Å²) in [7, 11) is 1.93. The zero-order valence-corrected chi connectivity index (χ0v) is 12.0. The normalized spacial score (nSPS) is 10.8. The lowest BCUT2D eigenvalue weighted by atomic mass is 10.1. The fourth-order valence-electron chi connectivity index (χ4n) is 1.76. The molecule has 0 aliphatic carbocycles. The van der Waals surface area contributed by atoms with E-state index in [9.17, 15) is 0 Å². The molecule has 0 radical (unpaired) electrons. The average molecular weight is 315 g/mol. The van der Waals surface area contributed by atoms with Gasteiger partial charge in [0.05, 0.1) is 0 Å². The molecule has 1 aromatic carbocycles. The molecular formula is C12H13BrClN3. The third-order valence-electron chi connectivity index (χ3n) is 2.73. The number of nitrogens with two attached hydrogens (primary N) is 1. The number of benzene rings is 1. The number of anilines is 1. The predicted molar refractivity (Wildman–Crippen MR) is 75.1 cm³/mol. The minimum atomic E-state index is 0.671. The van der Waals surface area contributed by atoms with Gasteiger partial charge in [0.15, 0.2) is 0 Å². The number of aryl methyl sites for hydroxylation is 1. The molecule has 0 spiro atoms. The van der Waals surface area contributed by atoms with Gasteiger partial charge in [-0.15, -0.1) is 0 Å². The van der Waals surface area contributed by atoms with Crippen LogP contribution in [-0.4, -0.2) is 9.55 Å². The van der Waals surface area contributed by atoms with Crippen molar-refractivity contribution in [2.45, 2.75) is 13.3 Å². The minimum absolute atomic E-state index is 0.671. The van der Waals surface area contributed by atoms with Crippen molar-refractivity contribution in [2.24, 2.45) is 7.05 Å². The van der Waals surface area contributed by atoms with Crippen LogP contribution in [-0.2, 0) is 13.5 Å². The van der Waals surface area contributed by atoms with Crippen molar-refractivity contribution in [1.29, 1.82) is 0 Å². The van der Waals surface area contributed by atoms with E-state index in [4.69, 9.17) is 17.3 Å². The lowest BCUT2D eigenvalue weighted by Crippen LogP contribution is -2.00. The number of imidazole rings is 1. The number of hydrogen-bond donors (Lipinski definition) is 1. The van der Waals surface area contributed by atoms with Crippen LogP contribution in [0.2, 0.25) is 5.02 Å². The second-order valence-electron chi connectivity index (χ2n) is 3.80. The summed E-state index contributed by atoms with van der Waals surface area (Å²) in [5.74, 6) is 1.64. The summed E-state index contributed by atoms with van der Waals surface area (Å²) in [5, 5.41) is 0.686. The van der Waals surface area contributed by atoms with Gasteiger partial charge in [0.2, 0.25) is 0 Å². The largest absolute Gasteiger partial charge is 0.383 e. The molecule has 0 aliphatic heterocycles. The average Bonchev–Trinajstić information content (AvgIpc) is 2.57. The van der Waals surface area contributed by atoms with Gasteiger partial charge in [-0.05, 0) is 12.1 Å². The van der Waals surface area contributed by atoms with E-state index in [1.165, 1.54) is 0 Å². The highest BCUT2D eigenvalue weighted by atomic mass is 79.9. The second kappa shape index (κ2) is 4.70. The molecule has 0 aliphatic rings. The topological polar surface area (TPSA) is 43.8 Å². The first-order chi connectivity index (χ1) is 8.04. The molecule has 0 amide bonds. The van der Waals surface area contributed by atoms with Crippen molar-refractivity contribution in [3.05, 3.63) is 33.5 Å². The van der Waals surface area contributed by atoms with Crippen molar-refractivity contribution < 1.29 is 0 Å². The number of hydrogen-bond acceptors (Lipinski definition) is 2. The fraction of sp³-hybridized carbons (Fsp3) is 0.250. The van der Waals surface area contributed by atoms with Crippen molar-refractivity contribution in [3.8, 4) is 11.3 Å². The Labute approximate surface area is 114 Å². The second-order valence-corrected chi connectivity index (χ2v) is 5.09. The van der Waals surface area contributed by atoms with E-state index in [2.05, 4.69) is 27.8 Å². The first kappa shape index (κ1) is 12.5. The molecular weight excluding hydrogens is 302 g/mol. The number of halogens is 2. The molecule has 2 N–H and O–H groups in total. The molecule has 0 saturated carbocycles. The molecule has 5 heteroatoms. The quantitative estimate of drug-likeness (QED) is 0.919. The van der Waals surface area contributed by atoms with Gasteiger partial charge in [-0.2, -0.15) is 0 Å². The number of aromatic nitrogens is 2. The maximum atomic E-state index is 6.06. The van der Waals surface area contributed by atoms with Crippen LogP contribution >= 0.6 is 27.5 Å². The number of nitrogens with zero attached hydrogens (tertiary/aromatic N) is 2. The SMILES string of the molecule is CCc1nc(-c2ccc(Cl)cc2Br)c(N)n1C. The zero-order chi connectivity index (χ0) is 12.6. The van der Waals surface area contributed by atoms with Crippen molar-refractivity contribution in [1.82, 2.24) is 9.55 Å². The van der Waals surface area contributed by atoms with Crippen LogP contribution in [0.1, 0.15) is 12.7 Å². The van der Waals surface area contributed by atoms with Crippen molar-refractivity contribution in [2.75, 3.05) is 5.73 Å². The van der Waals surface area contributed by atoms with E-state index in [1.54, 1.807) is 0 Å². The molecule has 0 bridgehead atoms. The van der Waals surface area contributed by atoms with Gasteiger partial charge >= 0.3 is 0 Å². The van der Waals surface area contributed by atoms with E-state index in [0.29, 0.717) is 10.8 Å². The van der Waals surface area contributed by atoms with E-state index >= 15 is 0 Å². The summed E-state index contributed by atoms with van der Waals surface area (Å²) >= 11 is 9.41. The molecule has 1 heterocycles. The molecule has 17 heavy (non-hydrogen) atoms. The molecule has 90 valence electrons. The Morgan fingerprint density at radius 1 is 1.47 bits per heavy atom. The van der Waals surface area contributed by atoms with Crippen LogP contribution < -0.4 is 5.73 Å². The minimum Gasteiger partial charge on any atom is -0.383 e. The Bertz CT molecular complexity index is 563. The first-order valence-electron chi connectivity index (χ1n) is 5.31. The molecule has 2 aromatic rings. The van der Waals surface area contributed by atoms with Gasteiger partial charge < -0.3 is 10.3 Å². The third-order valence-corrected chi connectivity index (χ3v) is 3.63. The van der Waals surface area contributed by atoms with Crippen molar-refractivity contribution >= 4 is 33.3 Å². The smallest absolute Gasteiger partial charge is 0.131 e. The molecule has 1 aromatic heterocycles. The summed E-state index contributed by atoms with van der Waals surface area (Å²) in [6.07, 6.45) is 0.853. The summed E-state index contributed by atoms with van der Waals surface area (Å²) in [5.41, 5.74) is 7.82. The van der Waals surface area contributed by atoms with E-state index in [0.717, 1.165) is 28.0 Å². The predicted octanol–water partition coefficient (Wildman–Crippen LogP) is 3.65. The van der Waals surface area contributed by atoms with Crippen LogP contribution in [0.25, 0.3) is 11.3 Å². The number of rotatable bonds is 2. The fourth-order valence-corrected chi connectivity index (χ4v) is 2.63. The Balaban J connectivity index is 2.60. The highest BCUT2D eigenvalue weighted by Gasteiger charge is 2.14. The molecule has 0 saturated heterocycles. The lowest BCUT2D eigenvalue weighted by molar-refractivity contribution is 0.816. The van der Waals surface area contributed by atoms with Crippen LogP contribution in [0.3, 0.4) is 0 Å². The van der Waals surface area contributed by atoms with Gasteiger partial charge in [0, 0.05) is 28.5 Å². The van der Waals surface area contributed by atoms with Gasteiger partial charge in [-0.1, -0.05) is 40.5 Å². The zero-order valence-electron chi connectivity index (χ0n) is 9.67. The Morgan fingerprint density at radius 3 is 2.71 bits per heavy atom. The maximum absolute atomic E-state index is 6.06. The van der Waals surface area contributed by atoms with Crippen LogP contribution in [0.15, 0.2) is 22.7 Å². The Morgan fingerprint density at radius 2 is 2.18 bits per heavy atom. The highest BCUT2D eigenvalue weighted by molar-refractivity contribution is 9.10. The molecule has 3 nitrogen and oxygen atoms in total. The van der Waals surface area contributed by atoms with Crippen LogP contribution in [0.5, 0.6) is 0 Å². The summed E-state index contributed by atoms with van der Waals surface area (Å²) < 4.78 is 2.81. The Kier molecular flexibility index (Phi) is 3.45. The Hall–Kier alpha value is -1.00. The van der Waals surface area contributed by atoms with Crippen molar-refractivity contribution in [3.63, 3.8) is 0 Å². The number of nitrogen functional groups attached to an aromatic ring is 1. The van der Waals surface area contributed by atoms with Gasteiger partial charge in [-0.3, -0.25) is 0 Å². The van der Waals surface area contributed by atoms with Crippen LogP contribution in [0.4, 0.5) is 5.82 Å². The van der Waals surface area contributed by atoms with E-state index in [-0.39, 0.29) is 0 Å².